The number of nitrogens with zero attached hydrogens (tertiary/aromatic N) is 2. The number of hydrogen-bond acceptors (Lipinski definition) is 1. The van der Waals surface area contributed by atoms with E-state index < -0.39 is 0 Å². The van der Waals surface area contributed by atoms with E-state index >= 15 is 0 Å². The van der Waals surface area contributed by atoms with E-state index in [1.807, 2.05) is 4.68 Å². The highest BCUT2D eigenvalue weighted by molar-refractivity contribution is 5.31. The number of allylic oxidation sites excluding steroid dienone is 1. The first-order chi connectivity index (χ1) is 5.77. The molecule has 0 spiro atoms. The lowest BCUT2D eigenvalue weighted by Crippen LogP contribution is -2.00. The van der Waals surface area contributed by atoms with Crippen molar-refractivity contribution in [3.05, 3.63) is 23.5 Å². The number of hydrogen-bond donors (Lipinski definition) is 0. The van der Waals surface area contributed by atoms with Gasteiger partial charge in [-0.1, -0.05) is 19.9 Å². The van der Waals surface area contributed by atoms with Gasteiger partial charge in [0.25, 0.3) is 0 Å². The molecule has 0 radical (unpaired) electrons. The second-order valence-electron chi connectivity index (χ2n) is 3.58. The molecule has 2 heteroatoms. The summed E-state index contributed by atoms with van der Waals surface area (Å²) < 4.78 is 2.00. The first-order valence-corrected chi connectivity index (χ1v) is 4.52. The second kappa shape index (κ2) is 2.77. The van der Waals surface area contributed by atoms with Crippen molar-refractivity contribution in [1.29, 1.82) is 0 Å². The van der Waals surface area contributed by atoms with Crippen molar-refractivity contribution < 1.29 is 0 Å². The van der Waals surface area contributed by atoms with Crippen molar-refractivity contribution >= 4 is 6.20 Å². The lowest BCUT2D eigenvalue weighted by molar-refractivity contribution is 0.754. The molecule has 0 aromatic carbocycles. The fourth-order valence-electron chi connectivity index (χ4n) is 1.46. The minimum absolute atomic E-state index is 0.538. The Bertz CT molecular complexity index is 308. The van der Waals surface area contributed by atoms with Gasteiger partial charge in [0.15, 0.2) is 0 Å². The van der Waals surface area contributed by atoms with E-state index in [0.717, 1.165) is 12.8 Å². The van der Waals surface area contributed by atoms with Crippen LogP contribution in [0.3, 0.4) is 0 Å². The zero-order chi connectivity index (χ0) is 8.55. The third-order valence-corrected chi connectivity index (χ3v) is 2.24. The van der Waals surface area contributed by atoms with Gasteiger partial charge in [-0.05, 0) is 24.8 Å². The SMILES string of the molecule is CC(C)c1cc2n(n1)C=CCC2. The molecular weight excluding hydrogens is 148 g/mol. The van der Waals surface area contributed by atoms with E-state index in [4.69, 9.17) is 0 Å². The van der Waals surface area contributed by atoms with E-state index in [2.05, 4.69) is 37.3 Å². The Kier molecular flexibility index (Phi) is 1.75. The molecule has 12 heavy (non-hydrogen) atoms. The van der Waals surface area contributed by atoms with Crippen LogP contribution in [-0.4, -0.2) is 9.78 Å². The molecule has 2 rings (SSSR count). The summed E-state index contributed by atoms with van der Waals surface area (Å²) in [6, 6.07) is 2.22. The van der Waals surface area contributed by atoms with Gasteiger partial charge in [0.2, 0.25) is 0 Å². The van der Waals surface area contributed by atoms with Crippen LogP contribution in [0.25, 0.3) is 6.20 Å². The number of aryl methyl sites for hydroxylation is 1. The highest BCUT2D eigenvalue weighted by atomic mass is 15.3. The van der Waals surface area contributed by atoms with E-state index in [0.29, 0.717) is 5.92 Å². The summed E-state index contributed by atoms with van der Waals surface area (Å²) in [5, 5.41) is 4.48. The average Bonchev–Trinajstić information content (AvgIpc) is 2.46. The Morgan fingerprint density at radius 1 is 1.50 bits per heavy atom. The van der Waals surface area contributed by atoms with Crippen molar-refractivity contribution in [3.63, 3.8) is 0 Å². The summed E-state index contributed by atoms with van der Waals surface area (Å²) in [6.07, 6.45) is 6.52. The third kappa shape index (κ3) is 1.17. The van der Waals surface area contributed by atoms with E-state index in [1.165, 1.54) is 11.4 Å². The summed E-state index contributed by atoms with van der Waals surface area (Å²) in [4.78, 5) is 0. The Hall–Kier alpha value is -1.05. The molecule has 1 aliphatic rings. The van der Waals surface area contributed by atoms with Crippen LogP contribution in [0.4, 0.5) is 0 Å². The van der Waals surface area contributed by atoms with Gasteiger partial charge < -0.3 is 0 Å². The Balaban J connectivity index is 2.39. The zero-order valence-electron chi connectivity index (χ0n) is 7.62. The van der Waals surface area contributed by atoms with Gasteiger partial charge in [-0.15, -0.1) is 0 Å². The predicted octanol–water partition coefficient (Wildman–Crippen LogP) is 2.42. The molecule has 0 fully saturated rings. The first kappa shape index (κ1) is 7.59. The van der Waals surface area contributed by atoms with Gasteiger partial charge in [0, 0.05) is 11.9 Å². The van der Waals surface area contributed by atoms with Gasteiger partial charge in [0.1, 0.15) is 0 Å². The van der Waals surface area contributed by atoms with E-state index in [-0.39, 0.29) is 0 Å². The van der Waals surface area contributed by atoms with Crippen LogP contribution in [0, 0.1) is 0 Å². The van der Waals surface area contributed by atoms with Gasteiger partial charge in [-0.25, -0.2) is 4.68 Å². The fourth-order valence-corrected chi connectivity index (χ4v) is 1.46. The summed E-state index contributed by atoms with van der Waals surface area (Å²) >= 11 is 0. The van der Waals surface area contributed by atoms with Crippen LogP contribution in [-0.2, 0) is 6.42 Å². The largest absolute Gasteiger partial charge is 0.245 e. The monoisotopic (exact) mass is 162 g/mol. The zero-order valence-corrected chi connectivity index (χ0v) is 7.62. The van der Waals surface area contributed by atoms with Crippen LogP contribution in [0.5, 0.6) is 0 Å². The van der Waals surface area contributed by atoms with Crippen molar-refractivity contribution in [3.8, 4) is 0 Å². The highest BCUT2D eigenvalue weighted by Crippen LogP contribution is 2.18. The number of aromatic nitrogens is 2. The third-order valence-electron chi connectivity index (χ3n) is 2.24. The van der Waals surface area contributed by atoms with Gasteiger partial charge in [-0.2, -0.15) is 5.10 Å². The summed E-state index contributed by atoms with van der Waals surface area (Å²) in [5.41, 5.74) is 2.55. The van der Waals surface area contributed by atoms with Crippen LogP contribution >= 0.6 is 0 Å². The highest BCUT2D eigenvalue weighted by Gasteiger charge is 2.10. The molecule has 1 aromatic rings. The van der Waals surface area contributed by atoms with Gasteiger partial charge in [0.05, 0.1) is 5.69 Å². The number of rotatable bonds is 1. The first-order valence-electron chi connectivity index (χ1n) is 4.52. The molecule has 0 bridgehead atoms. The predicted molar refractivity (Wildman–Crippen MR) is 50.0 cm³/mol. The molecule has 0 saturated heterocycles. The summed E-state index contributed by atoms with van der Waals surface area (Å²) in [5.74, 6) is 0.538. The van der Waals surface area contributed by atoms with E-state index in [9.17, 15) is 0 Å². The van der Waals surface area contributed by atoms with Gasteiger partial charge in [-0.3, -0.25) is 0 Å². The Labute approximate surface area is 72.9 Å². The minimum Gasteiger partial charge on any atom is -0.245 e. The molecular formula is C10H14N2. The van der Waals surface area contributed by atoms with Crippen LogP contribution < -0.4 is 0 Å². The lowest BCUT2D eigenvalue weighted by Gasteiger charge is -2.04. The Morgan fingerprint density at radius 2 is 2.33 bits per heavy atom. The molecule has 1 aliphatic heterocycles. The summed E-state index contributed by atoms with van der Waals surface area (Å²) in [7, 11) is 0. The molecule has 1 aromatic heterocycles. The smallest absolute Gasteiger partial charge is 0.0657 e. The van der Waals surface area contributed by atoms with Crippen molar-refractivity contribution in [1.82, 2.24) is 9.78 Å². The maximum Gasteiger partial charge on any atom is 0.0657 e. The van der Waals surface area contributed by atoms with Crippen molar-refractivity contribution in [2.24, 2.45) is 0 Å². The van der Waals surface area contributed by atoms with Crippen LogP contribution in [0.15, 0.2) is 12.1 Å². The second-order valence-corrected chi connectivity index (χ2v) is 3.58. The molecule has 64 valence electrons. The standard InChI is InChI=1S/C10H14N2/c1-8(2)10-7-9-5-3-4-6-12(9)11-10/h4,6-8H,3,5H2,1-2H3. The maximum atomic E-state index is 4.48. The summed E-state index contributed by atoms with van der Waals surface area (Å²) in [6.45, 7) is 4.36. The molecule has 0 saturated carbocycles. The topological polar surface area (TPSA) is 17.8 Å². The molecule has 2 heterocycles. The molecule has 0 unspecified atom stereocenters. The van der Waals surface area contributed by atoms with Crippen molar-refractivity contribution in [2.75, 3.05) is 0 Å². The average molecular weight is 162 g/mol. The molecule has 0 amide bonds. The quantitative estimate of drug-likeness (QED) is 0.620. The maximum absolute atomic E-state index is 4.48. The normalized spacial score (nSPS) is 15.2. The number of fused-ring (bicyclic) bond motifs is 1. The molecule has 0 aliphatic carbocycles. The Morgan fingerprint density at radius 3 is 3.00 bits per heavy atom. The van der Waals surface area contributed by atoms with E-state index in [1.54, 1.807) is 0 Å². The van der Waals surface area contributed by atoms with Crippen molar-refractivity contribution in [2.45, 2.75) is 32.6 Å². The fraction of sp³-hybridized carbons (Fsp3) is 0.500. The van der Waals surface area contributed by atoms with Crippen LogP contribution in [0.1, 0.15) is 37.6 Å². The molecule has 0 atom stereocenters. The van der Waals surface area contributed by atoms with Crippen LogP contribution in [0.2, 0.25) is 0 Å². The van der Waals surface area contributed by atoms with Gasteiger partial charge >= 0.3 is 0 Å². The molecule has 2 nitrogen and oxygen atoms in total. The minimum atomic E-state index is 0.538. The molecule has 0 N–H and O–H groups in total. The lowest BCUT2D eigenvalue weighted by atomic mass is 10.1.